The fraction of sp³-hybridized carbons (Fsp3) is 0.350. The summed E-state index contributed by atoms with van der Waals surface area (Å²) in [5.74, 6) is 0.0452. The lowest BCUT2D eigenvalue weighted by atomic mass is 9.86. The molecule has 0 unspecified atom stereocenters. The zero-order chi connectivity index (χ0) is 17.7. The Labute approximate surface area is 151 Å². The summed E-state index contributed by atoms with van der Waals surface area (Å²) in [4.78, 5) is 31.7. The molecule has 6 nitrogen and oxygen atoms in total. The Kier molecular flexibility index (Phi) is 3.29. The number of para-hydroxylation sites is 1. The van der Waals surface area contributed by atoms with E-state index in [0.29, 0.717) is 12.0 Å². The standard InChI is InChI=1S/C20H20N4O2/c25-18(10-13-4-3-9-21-12-13)24-14-7-8-17(24)20(11-14)22-16-6-2-1-5-15(16)19(26)23-20/h1-6,9,12,14,17,22H,7-8,10-11H2,(H,23,26)/t14-,17-,20-/m0/s1. The number of nitrogens with one attached hydrogen (secondary N) is 2. The molecule has 2 N–H and O–H groups in total. The van der Waals surface area contributed by atoms with Crippen LogP contribution in [0.1, 0.15) is 35.2 Å². The Balaban J connectivity index is 1.43. The number of pyridine rings is 1. The molecule has 5 rings (SSSR count). The molecule has 0 aliphatic carbocycles. The van der Waals surface area contributed by atoms with E-state index in [2.05, 4.69) is 15.6 Å². The van der Waals surface area contributed by atoms with Gasteiger partial charge in [0.25, 0.3) is 5.91 Å². The van der Waals surface area contributed by atoms with Crippen LogP contribution < -0.4 is 10.6 Å². The number of aromatic nitrogens is 1. The summed E-state index contributed by atoms with van der Waals surface area (Å²) in [6, 6.07) is 11.5. The minimum atomic E-state index is -0.557. The van der Waals surface area contributed by atoms with Crippen molar-refractivity contribution in [2.45, 2.75) is 43.4 Å². The molecular formula is C20H20N4O2. The number of anilines is 1. The summed E-state index contributed by atoms with van der Waals surface area (Å²) in [5, 5.41) is 6.72. The zero-order valence-electron chi connectivity index (χ0n) is 14.3. The van der Waals surface area contributed by atoms with Gasteiger partial charge in [0.05, 0.1) is 18.0 Å². The molecule has 2 aromatic rings. The van der Waals surface area contributed by atoms with E-state index < -0.39 is 5.66 Å². The minimum absolute atomic E-state index is 0.0195. The molecule has 2 amide bonds. The second-order valence-corrected chi connectivity index (χ2v) is 7.39. The molecule has 26 heavy (non-hydrogen) atoms. The molecule has 132 valence electrons. The van der Waals surface area contributed by atoms with Crippen LogP contribution in [-0.2, 0) is 11.2 Å². The SMILES string of the molecule is O=C1N[C@]2(C[C@@H]3CC[C@@H]2N3C(=O)Cc2cccnc2)Nc2ccccc21. The maximum Gasteiger partial charge on any atom is 0.255 e. The Morgan fingerprint density at radius 1 is 1.19 bits per heavy atom. The topological polar surface area (TPSA) is 74.3 Å². The van der Waals surface area contributed by atoms with Gasteiger partial charge in [-0.25, -0.2) is 0 Å². The fourth-order valence-electron chi connectivity index (χ4n) is 4.82. The van der Waals surface area contributed by atoms with Gasteiger partial charge in [-0.2, -0.15) is 0 Å². The van der Waals surface area contributed by atoms with Crippen molar-refractivity contribution in [2.24, 2.45) is 0 Å². The molecule has 0 saturated carbocycles. The van der Waals surface area contributed by atoms with Gasteiger partial charge < -0.3 is 15.5 Å². The summed E-state index contributed by atoms with van der Waals surface area (Å²) in [5.41, 5.74) is 1.88. The zero-order valence-corrected chi connectivity index (χ0v) is 14.3. The molecule has 1 aromatic carbocycles. The minimum Gasteiger partial charge on any atom is -0.360 e. The van der Waals surface area contributed by atoms with Crippen molar-refractivity contribution in [1.82, 2.24) is 15.2 Å². The second kappa shape index (κ2) is 5.56. The van der Waals surface area contributed by atoms with E-state index in [9.17, 15) is 9.59 Å². The van der Waals surface area contributed by atoms with Gasteiger partial charge in [-0.3, -0.25) is 14.6 Å². The van der Waals surface area contributed by atoms with Gasteiger partial charge >= 0.3 is 0 Å². The van der Waals surface area contributed by atoms with Crippen LogP contribution in [0.25, 0.3) is 0 Å². The van der Waals surface area contributed by atoms with Crippen molar-refractivity contribution in [3.63, 3.8) is 0 Å². The molecular weight excluding hydrogens is 328 g/mol. The van der Waals surface area contributed by atoms with E-state index in [1.165, 1.54) is 0 Å². The number of benzene rings is 1. The average Bonchev–Trinajstić information content (AvgIpc) is 3.18. The Hall–Kier alpha value is -2.89. The number of amides is 2. The average molecular weight is 348 g/mol. The van der Waals surface area contributed by atoms with Crippen LogP contribution in [0.5, 0.6) is 0 Å². The third-order valence-corrected chi connectivity index (χ3v) is 5.86. The van der Waals surface area contributed by atoms with Crippen LogP contribution in [0.3, 0.4) is 0 Å². The van der Waals surface area contributed by atoms with Crippen LogP contribution in [-0.4, -0.2) is 39.4 Å². The van der Waals surface area contributed by atoms with Gasteiger partial charge in [-0.05, 0) is 36.6 Å². The number of fused-ring (bicyclic) bond motifs is 4. The lowest BCUT2D eigenvalue weighted by molar-refractivity contribution is -0.132. The van der Waals surface area contributed by atoms with Crippen LogP contribution in [0, 0.1) is 0 Å². The van der Waals surface area contributed by atoms with Crippen molar-refractivity contribution >= 4 is 17.5 Å². The van der Waals surface area contributed by atoms with Gasteiger partial charge in [-0.1, -0.05) is 18.2 Å². The lowest BCUT2D eigenvalue weighted by Crippen LogP contribution is -2.64. The first-order chi connectivity index (χ1) is 12.7. The molecule has 3 atom stereocenters. The molecule has 1 aromatic heterocycles. The Bertz CT molecular complexity index is 884. The van der Waals surface area contributed by atoms with Gasteiger partial charge in [0.15, 0.2) is 0 Å². The first-order valence-electron chi connectivity index (χ1n) is 9.06. The van der Waals surface area contributed by atoms with E-state index in [1.807, 2.05) is 41.3 Å². The molecule has 6 heteroatoms. The first kappa shape index (κ1) is 15.4. The van der Waals surface area contributed by atoms with E-state index in [1.54, 1.807) is 12.4 Å². The first-order valence-corrected chi connectivity index (χ1v) is 9.06. The van der Waals surface area contributed by atoms with Gasteiger partial charge in [0.2, 0.25) is 5.91 Å². The molecule has 3 aliphatic heterocycles. The van der Waals surface area contributed by atoms with Gasteiger partial charge in [0.1, 0.15) is 5.66 Å². The van der Waals surface area contributed by atoms with E-state index in [0.717, 1.165) is 30.5 Å². The lowest BCUT2D eigenvalue weighted by Gasteiger charge is -2.43. The molecule has 3 aliphatic rings. The molecule has 2 fully saturated rings. The van der Waals surface area contributed by atoms with Gasteiger partial charge in [-0.15, -0.1) is 0 Å². The molecule has 4 heterocycles. The third-order valence-electron chi connectivity index (χ3n) is 5.86. The summed E-state index contributed by atoms with van der Waals surface area (Å²) < 4.78 is 0. The van der Waals surface area contributed by atoms with Gasteiger partial charge in [0, 0.05) is 30.5 Å². The quantitative estimate of drug-likeness (QED) is 0.870. The predicted octanol–water partition coefficient (Wildman–Crippen LogP) is 1.94. The highest BCUT2D eigenvalue weighted by molar-refractivity contribution is 6.02. The van der Waals surface area contributed by atoms with E-state index in [4.69, 9.17) is 0 Å². The fourth-order valence-corrected chi connectivity index (χ4v) is 4.82. The maximum absolute atomic E-state index is 13.0. The van der Waals surface area contributed by atoms with Crippen molar-refractivity contribution in [1.29, 1.82) is 0 Å². The number of carbonyl (C=O) groups excluding carboxylic acids is 2. The number of carbonyl (C=O) groups is 2. The Morgan fingerprint density at radius 2 is 2.08 bits per heavy atom. The number of hydrogen-bond acceptors (Lipinski definition) is 4. The van der Waals surface area contributed by atoms with Crippen LogP contribution in [0.15, 0.2) is 48.8 Å². The third kappa shape index (κ3) is 2.21. The normalized spacial score (nSPS) is 28.6. The van der Waals surface area contributed by atoms with Crippen LogP contribution >= 0.6 is 0 Å². The highest BCUT2D eigenvalue weighted by Gasteiger charge is 2.59. The second-order valence-electron chi connectivity index (χ2n) is 7.39. The number of hydrogen-bond donors (Lipinski definition) is 2. The van der Waals surface area contributed by atoms with E-state index in [-0.39, 0.29) is 23.9 Å². The summed E-state index contributed by atoms with van der Waals surface area (Å²) in [6.45, 7) is 0. The van der Waals surface area contributed by atoms with Crippen LogP contribution in [0.2, 0.25) is 0 Å². The number of rotatable bonds is 2. The van der Waals surface area contributed by atoms with Crippen LogP contribution in [0.4, 0.5) is 5.69 Å². The molecule has 1 spiro atoms. The molecule has 0 radical (unpaired) electrons. The Morgan fingerprint density at radius 3 is 2.92 bits per heavy atom. The summed E-state index contributed by atoms with van der Waals surface area (Å²) in [6.07, 6.45) is 6.44. The molecule has 2 saturated heterocycles. The van der Waals surface area contributed by atoms with Crippen molar-refractivity contribution in [3.8, 4) is 0 Å². The predicted molar refractivity (Wildman–Crippen MR) is 96.5 cm³/mol. The van der Waals surface area contributed by atoms with E-state index >= 15 is 0 Å². The maximum atomic E-state index is 13.0. The highest BCUT2D eigenvalue weighted by Crippen LogP contribution is 2.46. The monoisotopic (exact) mass is 348 g/mol. The van der Waals surface area contributed by atoms with Crippen molar-refractivity contribution < 1.29 is 9.59 Å². The smallest absolute Gasteiger partial charge is 0.255 e. The largest absolute Gasteiger partial charge is 0.360 e. The van der Waals surface area contributed by atoms with Crippen molar-refractivity contribution in [2.75, 3.05) is 5.32 Å². The summed E-state index contributed by atoms with van der Waals surface area (Å²) in [7, 11) is 0. The van der Waals surface area contributed by atoms with Crippen molar-refractivity contribution in [3.05, 3.63) is 59.9 Å². The summed E-state index contributed by atoms with van der Waals surface area (Å²) >= 11 is 0. The highest BCUT2D eigenvalue weighted by atomic mass is 16.2. The number of nitrogens with zero attached hydrogens (tertiary/aromatic N) is 2. The molecule has 2 bridgehead atoms.